The van der Waals surface area contributed by atoms with Crippen LogP contribution in [0.5, 0.6) is 0 Å². The molecule has 6 heteroatoms. The summed E-state index contributed by atoms with van der Waals surface area (Å²) < 4.78 is 6.21. The van der Waals surface area contributed by atoms with Crippen molar-refractivity contribution in [1.29, 1.82) is 0 Å². The number of nitrogens with one attached hydrogen (secondary N) is 1. The van der Waals surface area contributed by atoms with Crippen LogP contribution in [0.2, 0.25) is 0 Å². The fraction of sp³-hybridized carbons (Fsp3) is 0.919. The monoisotopic (exact) mass is 599 g/mol. The van der Waals surface area contributed by atoms with Gasteiger partial charge in [0.25, 0.3) is 0 Å². The fourth-order valence-electron chi connectivity index (χ4n) is 12.8. The van der Waals surface area contributed by atoms with Gasteiger partial charge in [-0.05, 0) is 122 Å². The summed E-state index contributed by atoms with van der Waals surface area (Å²) in [5.74, 6) is 1.97. The van der Waals surface area contributed by atoms with E-state index in [9.17, 15) is 19.5 Å². The number of carbonyl (C=O) groups excluding carboxylic acids is 2. The van der Waals surface area contributed by atoms with E-state index in [1.807, 2.05) is 0 Å². The molecule has 2 N–H and O–H groups in total. The molecule has 6 nitrogen and oxygen atoms in total. The normalized spacial score (nSPS) is 44.9. The van der Waals surface area contributed by atoms with Crippen molar-refractivity contribution in [3.8, 4) is 0 Å². The van der Waals surface area contributed by atoms with Gasteiger partial charge in [-0.1, -0.05) is 61.8 Å². The van der Waals surface area contributed by atoms with Crippen LogP contribution in [0.25, 0.3) is 0 Å². The van der Waals surface area contributed by atoms with E-state index < -0.39 is 11.4 Å². The Labute approximate surface area is 261 Å². The van der Waals surface area contributed by atoms with E-state index in [1.54, 1.807) is 0 Å². The molecule has 5 aliphatic carbocycles. The number of carboxylic acids is 1. The molecule has 0 aliphatic heterocycles. The Balaban J connectivity index is 1.44. The minimum atomic E-state index is -0.966. The molecule has 0 saturated heterocycles. The number of ether oxygens (including phenoxy) is 1. The lowest BCUT2D eigenvalue weighted by molar-refractivity contribution is -0.250. The second-order valence-electron chi connectivity index (χ2n) is 17.3. The summed E-state index contributed by atoms with van der Waals surface area (Å²) in [5, 5.41) is 12.2. The predicted molar refractivity (Wildman–Crippen MR) is 169 cm³/mol. The SMILES string of the molecule is CCCCC(=O)O[C@@H]1CC[C@]2(C)[C@H]3CC[C@@H]4[C@H]5[C@H](C(C)C)CC[C@]5(C(=O)NCC(=O)O)CC[C@@]4(C)[C@]3(C)CC[C@H]2C1(C)C. The number of carbonyl (C=O) groups is 3. The molecule has 0 aromatic rings. The number of hydrogen-bond acceptors (Lipinski definition) is 4. The van der Waals surface area contributed by atoms with Crippen LogP contribution >= 0.6 is 0 Å². The van der Waals surface area contributed by atoms with Crippen LogP contribution in [0, 0.1) is 62.6 Å². The van der Waals surface area contributed by atoms with E-state index in [4.69, 9.17) is 4.74 Å². The molecule has 0 heterocycles. The maximum absolute atomic E-state index is 13.9. The first-order valence-corrected chi connectivity index (χ1v) is 17.8. The summed E-state index contributed by atoms with van der Waals surface area (Å²) in [6.45, 7) is 19.0. The van der Waals surface area contributed by atoms with E-state index in [1.165, 1.54) is 19.3 Å². The first kappa shape index (κ1) is 32.8. The van der Waals surface area contributed by atoms with Crippen LogP contribution in [-0.4, -0.2) is 35.6 Å². The van der Waals surface area contributed by atoms with Crippen molar-refractivity contribution in [3.05, 3.63) is 0 Å². The zero-order valence-electron chi connectivity index (χ0n) is 28.5. The Morgan fingerprint density at radius 2 is 1.58 bits per heavy atom. The Hall–Kier alpha value is -1.59. The van der Waals surface area contributed by atoms with Crippen molar-refractivity contribution in [3.63, 3.8) is 0 Å². The molecule has 1 amide bonds. The average Bonchev–Trinajstić information content (AvgIpc) is 3.34. The largest absolute Gasteiger partial charge is 0.480 e. The molecule has 0 unspecified atom stereocenters. The minimum absolute atomic E-state index is 0.00148. The number of aliphatic carboxylic acids is 1. The fourth-order valence-corrected chi connectivity index (χ4v) is 12.8. The van der Waals surface area contributed by atoms with Crippen LogP contribution < -0.4 is 5.32 Å². The molecule has 43 heavy (non-hydrogen) atoms. The number of hydrogen-bond donors (Lipinski definition) is 2. The van der Waals surface area contributed by atoms with Gasteiger partial charge in [-0.2, -0.15) is 0 Å². The van der Waals surface area contributed by atoms with E-state index >= 15 is 0 Å². The zero-order valence-corrected chi connectivity index (χ0v) is 28.5. The van der Waals surface area contributed by atoms with Crippen molar-refractivity contribution in [2.45, 2.75) is 145 Å². The van der Waals surface area contributed by atoms with Crippen molar-refractivity contribution in [2.75, 3.05) is 6.54 Å². The van der Waals surface area contributed by atoms with Crippen LogP contribution in [0.1, 0.15) is 139 Å². The number of carboxylic acid groups (broad SMARTS) is 1. The third-order valence-electron chi connectivity index (χ3n) is 15.1. The number of amides is 1. The Bertz CT molecular complexity index is 1100. The Kier molecular flexibility index (Phi) is 8.64. The van der Waals surface area contributed by atoms with Crippen LogP contribution in [-0.2, 0) is 19.1 Å². The van der Waals surface area contributed by atoms with Crippen LogP contribution in [0.3, 0.4) is 0 Å². The Morgan fingerprint density at radius 1 is 0.860 bits per heavy atom. The number of rotatable bonds is 8. The third-order valence-corrected chi connectivity index (χ3v) is 15.1. The van der Waals surface area contributed by atoms with Crippen molar-refractivity contribution in [1.82, 2.24) is 5.32 Å². The zero-order chi connectivity index (χ0) is 31.6. The lowest BCUT2D eigenvalue weighted by atomic mass is 9.32. The molecule has 0 radical (unpaired) electrons. The summed E-state index contributed by atoms with van der Waals surface area (Å²) in [7, 11) is 0. The molecule has 0 bridgehead atoms. The molecule has 5 fully saturated rings. The van der Waals surface area contributed by atoms with E-state index in [-0.39, 0.29) is 46.2 Å². The summed E-state index contributed by atoms with van der Waals surface area (Å²) in [4.78, 5) is 38.0. The molecule has 0 aromatic heterocycles. The highest BCUT2D eigenvalue weighted by molar-refractivity contribution is 5.86. The standard InChI is InChI=1S/C37H61NO5/c1-9-10-11-30(41)43-28-16-17-34(6)26(33(28,4)5)15-18-36(8)27(34)13-12-25-31-24(23(2)3)14-19-37(31,21-20-35(25,36)7)32(42)38-22-29(39)40/h23-28,31H,9-22H2,1-8H3,(H,38,42)(H,39,40)/t24-,25+,26-,27+,28+,31+,34-,35+,36+,37-/m0/s1. The van der Waals surface area contributed by atoms with Crippen LogP contribution in [0.15, 0.2) is 0 Å². The maximum Gasteiger partial charge on any atom is 0.322 e. The van der Waals surface area contributed by atoms with E-state index in [0.717, 1.165) is 57.8 Å². The molecular formula is C37H61NO5. The van der Waals surface area contributed by atoms with Gasteiger partial charge in [0, 0.05) is 11.8 Å². The second kappa shape index (κ2) is 11.3. The molecule has 0 aromatic carbocycles. The molecule has 5 saturated carbocycles. The molecule has 0 spiro atoms. The van der Waals surface area contributed by atoms with Crippen molar-refractivity contribution >= 4 is 17.8 Å². The number of unbranched alkanes of at least 4 members (excludes halogenated alkanes) is 1. The van der Waals surface area contributed by atoms with Gasteiger partial charge in [-0.15, -0.1) is 0 Å². The summed E-state index contributed by atoms with van der Waals surface area (Å²) in [5.41, 5.74) is 0.0654. The lowest BCUT2D eigenvalue weighted by Gasteiger charge is -2.73. The van der Waals surface area contributed by atoms with Gasteiger partial charge in [0.05, 0.1) is 5.41 Å². The van der Waals surface area contributed by atoms with Gasteiger partial charge >= 0.3 is 11.9 Å². The second-order valence-corrected chi connectivity index (χ2v) is 17.3. The summed E-state index contributed by atoms with van der Waals surface area (Å²) in [6, 6.07) is 0. The minimum Gasteiger partial charge on any atom is -0.480 e. The highest BCUT2D eigenvalue weighted by atomic mass is 16.5. The topological polar surface area (TPSA) is 92.7 Å². The van der Waals surface area contributed by atoms with E-state index in [2.05, 4.69) is 60.7 Å². The van der Waals surface area contributed by atoms with Gasteiger partial charge in [0.1, 0.15) is 12.6 Å². The summed E-state index contributed by atoms with van der Waals surface area (Å²) >= 11 is 0. The number of fused-ring (bicyclic) bond motifs is 7. The Morgan fingerprint density at radius 3 is 2.23 bits per heavy atom. The molecule has 10 atom stereocenters. The smallest absolute Gasteiger partial charge is 0.322 e. The third kappa shape index (κ3) is 4.89. The first-order chi connectivity index (χ1) is 20.1. The predicted octanol–water partition coefficient (Wildman–Crippen LogP) is 8.03. The maximum atomic E-state index is 13.9. The molecule has 244 valence electrons. The van der Waals surface area contributed by atoms with Crippen LogP contribution in [0.4, 0.5) is 0 Å². The van der Waals surface area contributed by atoms with Crippen molar-refractivity contribution < 1.29 is 24.2 Å². The quantitative estimate of drug-likeness (QED) is 0.276. The highest BCUT2D eigenvalue weighted by Gasteiger charge is 2.72. The van der Waals surface area contributed by atoms with Gasteiger partial charge < -0.3 is 15.2 Å². The molecule has 5 rings (SSSR count). The lowest BCUT2D eigenvalue weighted by Crippen LogP contribution is -2.67. The van der Waals surface area contributed by atoms with Gasteiger partial charge in [-0.3, -0.25) is 14.4 Å². The van der Waals surface area contributed by atoms with Crippen molar-refractivity contribution in [2.24, 2.45) is 62.6 Å². The van der Waals surface area contributed by atoms with Gasteiger partial charge in [0.2, 0.25) is 5.91 Å². The highest BCUT2D eigenvalue weighted by Crippen LogP contribution is 2.77. The average molecular weight is 600 g/mol. The summed E-state index contributed by atoms with van der Waals surface area (Å²) in [6.07, 6.45) is 13.1. The first-order valence-electron chi connectivity index (χ1n) is 17.8. The van der Waals surface area contributed by atoms with Gasteiger partial charge in [-0.25, -0.2) is 0 Å². The molecule has 5 aliphatic rings. The number of esters is 1. The molecular weight excluding hydrogens is 538 g/mol. The van der Waals surface area contributed by atoms with E-state index in [0.29, 0.717) is 41.9 Å². The van der Waals surface area contributed by atoms with Gasteiger partial charge in [0.15, 0.2) is 0 Å².